The van der Waals surface area contributed by atoms with Crippen molar-refractivity contribution in [1.29, 1.82) is 10.5 Å². The van der Waals surface area contributed by atoms with Crippen LogP contribution in [0.3, 0.4) is 0 Å². The lowest BCUT2D eigenvalue weighted by Crippen LogP contribution is -2.41. The number of nitrogens with zero attached hydrogens (tertiary/aromatic N) is 3. The number of benzene rings is 1. The average Bonchev–Trinajstić information content (AvgIpc) is 2.75. The van der Waals surface area contributed by atoms with Gasteiger partial charge in [0.15, 0.2) is 0 Å². The molecule has 0 saturated carbocycles. The van der Waals surface area contributed by atoms with Gasteiger partial charge in [0.1, 0.15) is 5.54 Å². The summed E-state index contributed by atoms with van der Waals surface area (Å²) in [6.07, 6.45) is 0.558. The maximum Gasteiger partial charge on any atom is 0.325 e. The van der Waals surface area contributed by atoms with Crippen LogP contribution in [-0.2, 0) is 10.3 Å². The molecule has 2 atom stereocenters. The van der Waals surface area contributed by atoms with Crippen molar-refractivity contribution < 1.29 is 9.59 Å². The lowest BCUT2D eigenvalue weighted by Gasteiger charge is -2.23. The standard InChI is InChI=1S/C17H18N4O2/c1-12-5-7-14(8-6-12)17(2)15(22)21(16(23)20-17)11-13(10-19)4-3-9-18/h5-8,13H,3-4,11H2,1-2H3,(H,20,23)/t13-,17-/m0/s1. The number of rotatable bonds is 5. The number of hydrogen-bond acceptors (Lipinski definition) is 4. The summed E-state index contributed by atoms with van der Waals surface area (Å²) in [6, 6.07) is 10.9. The third kappa shape index (κ3) is 3.17. The number of urea groups is 1. The zero-order valence-corrected chi connectivity index (χ0v) is 13.2. The SMILES string of the molecule is Cc1ccc([C@]2(C)NC(=O)N(C[C@H](C#N)CCC#N)C2=O)cc1. The minimum Gasteiger partial charge on any atom is -0.319 e. The summed E-state index contributed by atoms with van der Waals surface area (Å²) in [6.45, 7) is 3.61. The van der Waals surface area contributed by atoms with Gasteiger partial charge in [0.2, 0.25) is 0 Å². The molecule has 2 rings (SSSR count). The molecule has 0 bridgehead atoms. The quantitative estimate of drug-likeness (QED) is 0.843. The van der Waals surface area contributed by atoms with Crippen molar-refractivity contribution >= 4 is 11.9 Å². The Bertz CT molecular complexity index is 699. The fraction of sp³-hybridized carbons (Fsp3) is 0.412. The predicted molar refractivity (Wildman–Crippen MR) is 82.7 cm³/mol. The van der Waals surface area contributed by atoms with Gasteiger partial charge in [0.05, 0.1) is 18.1 Å². The highest BCUT2D eigenvalue weighted by Gasteiger charge is 2.49. The van der Waals surface area contributed by atoms with Crippen LogP contribution in [0.25, 0.3) is 0 Å². The largest absolute Gasteiger partial charge is 0.325 e. The molecule has 1 aromatic rings. The summed E-state index contributed by atoms with van der Waals surface area (Å²) in [5, 5.41) is 20.5. The van der Waals surface area contributed by atoms with Crippen LogP contribution in [0.1, 0.15) is 30.9 Å². The predicted octanol–water partition coefficient (Wildman–Crippen LogP) is 2.21. The van der Waals surface area contributed by atoms with E-state index < -0.39 is 17.5 Å². The van der Waals surface area contributed by atoms with Gasteiger partial charge in [-0.25, -0.2) is 4.79 Å². The summed E-state index contributed by atoms with van der Waals surface area (Å²) in [7, 11) is 0. The Kier molecular flexibility index (Phi) is 4.66. The highest BCUT2D eigenvalue weighted by Crippen LogP contribution is 2.29. The van der Waals surface area contributed by atoms with Crippen LogP contribution in [0.5, 0.6) is 0 Å². The van der Waals surface area contributed by atoms with E-state index in [2.05, 4.69) is 11.4 Å². The van der Waals surface area contributed by atoms with Crippen LogP contribution >= 0.6 is 0 Å². The van der Waals surface area contributed by atoms with Crippen LogP contribution in [-0.4, -0.2) is 23.4 Å². The van der Waals surface area contributed by atoms with Gasteiger partial charge in [0, 0.05) is 13.0 Å². The van der Waals surface area contributed by atoms with Crippen LogP contribution < -0.4 is 5.32 Å². The Morgan fingerprint density at radius 2 is 1.91 bits per heavy atom. The summed E-state index contributed by atoms with van der Waals surface area (Å²) in [5.41, 5.74) is 0.640. The summed E-state index contributed by atoms with van der Waals surface area (Å²) >= 11 is 0. The van der Waals surface area contributed by atoms with Crippen molar-refractivity contribution in [2.45, 2.75) is 32.2 Å². The first-order valence-corrected chi connectivity index (χ1v) is 7.40. The van der Waals surface area contributed by atoms with Crippen molar-refractivity contribution in [1.82, 2.24) is 10.2 Å². The van der Waals surface area contributed by atoms with Gasteiger partial charge in [0.25, 0.3) is 5.91 Å². The first-order valence-electron chi connectivity index (χ1n) is 7.40. The van der Waals surface area contributed by atoms with Gasteiger partial charge in [-0.15, -0.1) is 0 Å². The van der Waals surface area contributed by atoms with E-state index in [1.165, 1.54) is 0 Å². The molecular weight excluding hydrogens is 292 g/mol. The Morgan fingerprint density at radius 3 is 2.48 bits per heavy atom. The van der Waals surface area contributed by atoms with E-state index in [0.29, 0.717) is 12.0 Å². The van der Waals surface area contributed by atoms with Gasteiger partial charge in [-0.1, -0.05) is 29.8 Å². The monoisotopic (exact) mass is 310 g/mol. The summed E-state index contributed by atoms with van der Waals surface area (Å²) in [5.74, 6) is -0.909. The lowest BCUT2D eigenvalue weighted by atomic mass is 9.91. The maximum atomic E-state index is 12.7. The first kappa shape index (κ1) is 16.5. The molecule has 1 aliphatic rings. The number of carbonyl (C=O) groups is 2. The van der Waals surface area contributed by atoms with Crippen molar-refractivity contribution in [3.8, 4) is 12.1 Å². The molecule has 1 aliphatic heterocycles. The number of carbonyl (C=O) groups excluding carboxylic acids is 2. The van der Waals surface area contributed by atoms with Crippen molar-refractivity contribution in [2.75, 3.05) is 6.54 Å². The molecule has 118 valence electrons. The molecule has 0 aliphatic carbocycles. The first-order chi connectivity index (χ1) is 10.9. The molecule has 1 aromatic carbocycles. The van der Waals surface area contributed by atoms with Crippen LogP contribution in [0.4, 0.5) is 4.79 Å². The zero-order valence-electron chi connectivity index (χ0n) is 13.2. The lowest BCUT2D eigenvalue weighted by molar-refractivity contribution is -0.131. The second kappa shape index (κ2) is 6.50. The average molecular weight is 310 g/mol. The van der Waals surface area contributed by atoms with E-state index in [9.17, 15) is 9.59 Å². The van der Waals surface area contributed by atoms with Crippen molar-refractivity contribution in [3.63, 3.8) is 0 Å². The molecule has 0 aromatic heterocycles. The van der Waals surface area contributed by atoms with Gasteiger partial charge in [-0.3, -0.25) is 9.69 Å². The molecule has 1 saturated heterocycles. The minimum absolute atomic E-state index is 0.00426. The second-order valence-corrected chi connectivity index (χ2v) is 5.86. The van der Waals surface area contributed by atoms with E-state index >= 15 is 0 Å². The number of nitrogens with one attached hydrogen (secondary N) is 1. The maximum absolute atomic E-state index is 12.7. The molecule has 0 unspecified atom stereocenters. The topological polar surface area (TPSA) is 97.0 Å². The Morgan fingerprint density at radius 1 is 1.26 bits per heavy atom. The van der Waals surface area contributed by atoms with E-state index in [4.69, 9.17) is 10.5 Å². The number of amides is 3. The smallest absolute Gasteiger partial charge is 0.319 e. The number of nitriles is 2. The number of hydrogen-bond donors (Lipinski definition) is 1. The summed E-state index contributed by atoms with van der Waals surface area (Å²) in [4.78, 5) is 26.0. The molecular formula is C17H18N4O2. The number of imide groups is 1. The molecule has 1 heterocycles. The molecule has 6 heteroatoms. The molecule has 0 spiro atoms. The van der Waals surface area contributed by atoms with Crippen LogP contribution in [0.2, 0.25) is 0 Å². The zero-order chi connectivity index (χ0) is 17.0. The molecule has 6 nitrogen and oxygen atoms in total. The molecule has 3 amide bonds. The third-order valence-corrected chi connectivity index (χ3v) is 4.09. The normalized spacial score (nSPS) is 21.5. The van der Waals surface area contributed by atoms with Crippen LogP contribution in [0, 0.1) is 35.5 Å². The van der Waals surface area contributed by atoms with E-state index in [0.717, 1.165) is 10.5 Å². The fourth-order valence-corrected chi connectivity index (χ4v) is 2.60. The van der Waals surface area contributed by atoms with Crippen LogP contribution in [0.15, 0.2) is 24.3 Å². The molecule has 0 radical (unpaired) electrons. The second-order valence-electron chi connectivity index (χ2n) is 5.86. The van der Waals surface area contributed by atoms with E-state index in [1.807, 2.05) is 37.3 Å². The van der Waals surface area contributed by atoms with E-state index in [1.54, 1.807) is 6.92 Å². The summed E-state index contributed by atoms with van der Waals surface area (Å²) < 4.78 is 0. The number of aryl methyl sites for hydroxylation is 1. The van der Waals surface area contributed by atoms with Gasteiger partial charge in [-0.2, -0.15) is 10.5 Å². The van der Waals surface area contributed by atoms with Gasteiger partial charge < -0.3 is 5.32 Å². The van der Waals surface area contributed by atoms with E-state index in [-0.39, 0.29) is 18.9 Å². The molecule has 1 N–H and O–H groups in total. The third-order valence-electron chi connectivity index (χ3n) is 4.09. The van der Waals surface area contributed by atoms with Gasteiger partial charge in [-0.05, 0) is 25.8 Å². The van der Waals surface area contributed by atoms with Crippen molar-refractivity contribution in [3.05, 3.63) is 35.4 Å². The molecule has 23 heavy (non-hydrogen) atoms. The highest BCUT2D eigenvalue weighted by atomic mass is 16.2. The highest BCUT2D eigenvalue weighted by molar-refractivity contribution is 6.07. The Balaban J connectivity index is 2.21. The van der Waals surface area contributed by atoms with Gasteiger partial charge >= 0.3 is 6.03 Å². The molecule has 1 fully saturated rings. The van der Waals surface area contributed by atoms with Crippen molar-refractivity contribution in [2.24, 2.45) is 5.92 Å². The Hall–Kier alpha value is -2.86. The minimum atomic E-state index is -1.12. The Labute approximate surface area is 135 Å². The fourth-order valence-electron chi connectivity index (χ4n) is 2.60.